The molecule has 136 valence electrons. The number of hydrogen-bond donors (Lipinski definition) is 1. The number of benzene rings is 1. The molecule has 1 aromatic heterocycles. The summed E-state index contributed by atoms with van der Waals surface area (Å²) in [6.07, 6.45) is 4.17. The predicted molar refractivity (Wildman–Crippen MR) is 100 cm³/mol. The van der Waals surface area contributed by atoms with Gasteiger partial charge in [0, 0.05) is 19.7 Å². The molecule has 2 heterocycles. The lowest BCUT2D eigenvalue weighted by molar-refractivity contribution is -0.131. The summed E-state index contributed by atoms with van der Waals surface area (Å²) in [4.78, 5) is 30.3. The number of likely N-dealkylation sites (tertiary alicyclic amines) is 1. The molecular weight excluding hydrogens is 326 g/mol. The van der Waals surface area contributed by atoms with Gasteiger partial charge in [0.25, 0.3) is 0 Å². The van der Waals surface area contributed by atoms with Gasteiger partial charge in [-0.25, -0.2) is 0 Å². The Balaban J connectivity index is 1.73. The van der Waals surface area contributed by atoms with Crippen LogP contribution in [0.25, 0.3) is 0 Å². The highest BCUT2D eigenvalue weighted by molar-refractivity contribution is 5.80. The number of carbonyl (C=O) groups is 2. The van der Waals surface area contributed by atoms with Gasteiger partial charge in [0.05, 0.1) is 24.7 Å². The van der Waals surface area contributed by atoms with Crippen LogP contribution in [0.2, 0.25) is 0 Å². The van der Waals surface area contributed by atoms with E-state index in [4.69, 9.17) is 0 Å². The van der Waals surface area contributed by atoms with E-state index in [1.54, 1.807) is 6.20 Å². The van der Waals surface area contributed by atoms with Gasteiger partial charge in [-0.3, -0.25) is 14.6 Å². The molecule has 3 rings (SSSR count). The Kier molecular flexibility index (Phi) is 5.66. The summed E-state index contributed by atoms with van der Waals surface area (Å²) in [6, 6.07) is 12.1. The number of aromatic nitrogens is 1. The van der Waals surface area contributed by atoms with Crippen LogP contribution in [-0.2, 0) is 22.6 Å². The maximum atomic E-state index is 12.9. The average molecular weight is 351 g/mol. The van der Waals surface area contributed by atoms with E-state index in [-0.39, 0.29) is 17.9 Å². The lowest BCUT2D eigenvalue weighted by atomic mass is 10.0. The third kappa shape index (κ3) is 4.28. The molecular formula is C21H25N3O2. The molecule has 2 aromatic rings. The number of carbonyl (C=O) groups excluding carboxylic acids is 2. The predicted octanol–water partition coefficient (Wildman–Crippen LogP) is 2.93. The Labute approximate surface area is 154 Å². The van der Waals surface area contributed by atoms with Gasteiger partial charge in [0.2, 0.25) is 11.8 Å². The van der Waals surface area contributed by atoms with Crippen molar-refractivity contribution in [1.82, 2.24) is 15.2 Å². The maximum Gasteiger partial charge on any atom is 0.227 e. The van der Waals surface area contributed by atoms with Gasteiger partial charge in [-0.1, -0.05) is 24.3 Å². The molecule has 0 radical (unpaired) electrons. The first-order valence-corrected chi connectivity index (χ1v) is 9.08. The molecule has 0 bridgehead atoms. The monoisotopic (exact) mass is 351 g/mol. The van der Waals surface area contributed by atoms with Crippen LogP contribution in [0.5, 0.6) is 0 Å². The van der Waals surface area contributed by atoms with Crippen molar-refractivity contribution in [3.05, 3.63) is 65.0 Å². The molecule has 1 N–H and O–H groups in total. The number of aryl methyl sites for hydroxylation is 1. The van der Waals surface area contributed by atoms with Gasteiger partial charge in [0.1, 0.15) is 0 Å². The average Bonchev–Trinajstić information content (AvgIpc) is 3.12. The Morgan fingerprint density at radius 3 is 2.85 bits per heavy atom. The zero-order valence-electron chi connectivity index (χ0n) is 15.4. The molecule has 26 heavy (non-hydrogen) atoms. The topological polar surface area (TPSA) is 62.3 Å². The minimum Gasteiger partial charge on any atom is -0.351 e. The SMILES string of the molecule is CC(=O)NCc1cc([C@@H]2CCCN2C(=O)Cc2ccccc2C)ccn1. The molecule has 0 spiro atoms. The van der Waals surface area contributed by atoms with E-state index >= 15 is 0 Å². The molecule has 0 aliphatic carbocycles. The van der Waals surface area contributed by atoms with E-state index in [2.05, 4.69) is 10.3 Å². The fourth-order valence-electron chi connectivity index (χ4n) is 3.50. The Morgan fingerprint density at radius 1 is 1.27 bits per heavy atom. The first-order valence-electron chi connectivity index (χ1n) is 9.08. The number of nitrogens with one attached hydrogen (secondary N) is 1. The summed E-state index contributed by atoms with van der Waals surface area (Å²) in [7, 11) is 0. The summed E-state index contributed by atoms with van der Waals surface area (Å²) >= 11 is 0. The molecule has 1 saturated heterocycles. The van der Waals surface area contributed by atoms with E-state index in [1.807, 2.05) is 48.2 Å². The second-order valence-corrected chi connectivity index (χ2v) is 6.84. The summed E-state index contributed by atoms with van der Waals surface area (Å²) in [6.45, 7) is 4.74. The number of pyridine rings is 1. The van der Waals surface area contributed by atoms with Crippen molar-refractivity contribution in [2.75, 3.05) is 6.54 Å². The molecule has 1 aliphatic heterocycles. The van der Waals surface area contributed by atoms with Crippen LogP contribution in [0.4, 0.5) is 0 Å². The highest BCUT2D eigenvalue weighted by atomic mass is 16.2. The van der Waals surface area contributed by atoms with Gasteiger partial charge in [-0.2, -0.15) is 0 Å². The van der Waals surface area contributed by atoms with Crippen molar-refractivity contribution in [1.29, 1.82) is 0 Å². The van der Waals surface area contributed by atoms with Crippen molar-refractivity contribution in [2.24, 2.45) is 0 Å². The lowest BCUT2D eigenvalue weighted by Gasteiger charge is -2.26. The zero-order chi connectivity index (χ0) is 18.5. The highest BCUT2D eigenvalue weighted by Crippen LogP contribution is 2.32. The summed E-state index contributed by atoms with van der Waals surface area (Å²) < 4.78 is 0. The minimum atomic E-state index is -0.0758. The van der Waals surface area contributed by atoms with Gasteiger partial charge in [-0.15, -0.1) is 0 Å². The molecule has 1 fully saturated rings. The number of nitrogens with zero attached hydrogens (tertiary/aromatic N) is 2. The third-order valence-corrected chi connectivity index (χ3v) is 4.92. The Morgan fingerprint density at radius 2 is 2.08 bits per heavy atom. The molecule has 1 atom stereocenters. The van der Waals surface area contributed by atoms with Crippen molar-refractivity contribution in [3.63, 3.8) is 0 Å². The Bertz CT molecular complexity index is 803. The van der Waals surface area contributed by atoms with Gasteiger partial charge in [-0.05, 0) is 48.6 Å². The van der Waals surface area contributed by atoms with Gasteiger partial charge >= 0.3 is 0 Å². The van der Waals surface area contributed by atoms with Crippen molar-refractivity contribution in [2.45, 2.75) is 45.7 Å². The van der Waals surface area contributed by atoms with Crippen molar-refractivity contribution < 1.29 is 9.59 Å². The van der Waals surface area contributed by atoms with Crippen LogP contribution in [0.1, 0.15) is 48.2 Å². The highest BCUT2D eigenvalue weighted by Gasteiger charge is 2.30. The summed E-state index contributed by atoms with van der Waals surface area (Å²) in [5.74, 6) is 0.0927. The minimum absolute atomic E-state index is 0.0758. The molecule has 5 nitrogen and oxygen atoms in total. The molecule has 5 heteroatoms. The fraction of sp³-hybridized carbons (Fsp3) is 0.381. The summed E-state index contributed by atoms with van der Waals surface area (Å²) in [5.41, 5.74) is 4.15. The van der Waals surface area contributed by atoms with Crippen molar-refractivity contribution >= 4 is 11.8 Å². The zero-order valence-corrected chi connectivity index (χ0v) is 15.4. The van der Waals surface area contributed by atoms with Crippen molar-refractivity contribution in [3.8, 4) is 0 Å². The number of hydrogen-bond acceptors (Lipinski definition) is 3. The van der Waals surface area contributed by atoms with E-state index in [9.17, 15) is 9.59 Å². The third-order valence-electron chi connectivity index (χ3n) is 4.92. The fourth-order valence-corrected chi connectivity index (χ4v) is 3.50. The van der Waals surface area contributed by atoms with Crippen LogP contribution in [0.15, 0.2) is 42.6 Å². The largest absolute Gasteiger partial charge is 0.351 e. The second kappa shape index (κ2) is 8.13. The van der Waals surface area contributed by atoms with E-state index in [1.165, 1.54) is 6.92 Å². The van der Waals surface area contributed by atoms with Crippen LogP contribution in [0, 0.1) is 6.92 Å². The lowest BCUT2D eigenvalue weighted by Crippen LogP contribution is -2.32. The molecule has 0 unspecified atom stereocenters. The summed E-state index contributed by atoms with van der Waals surface area (Å²) in [5, 5.41) is 2.77. The van der Waals surface area contributed by atoms with Gasteiger partial charge < -0.3 is 10.2 Å². The van der Waals surface area contributed by atoms with E-state index in [0.29, 0.717) is 13.0 Å². The maximum absolute atomic E-state index is 12.9. The molecule has 1 aliphatic rings. The first-order chi connectivity index (χ1) is 12.5. The second-order valence-electron chi connectivity index (χ2n) is 6.84. The van der Waals surface area contributed by atoms with Gasteiger partial charge in [0.15, 0.2) is 0 Å². The molecule has 2 amide bonds. The molecule has 0 saturated carbocycles. The van der Waals surface area contributed by atoms with Crippen LogP contribution >= 0.6 is 0 Å². The van der Waals surface area contributed by atoms with E-state index < -0.39 is 0 Å². The van der Waals surface area contributed by atoms with Crippen LogP contribution < -0.4 is 5.32 Å². The quantitative estimate of drug-likeness (QED) is 0.901. The van der Waals surface area contributed by atoms with E-state index in [0.717, 1.165) is 41.8 Å². The standard InChI is InChI=1S/C21H25N3O2/c1-15-6-3-4-7-17(15)13-21(26)24-11-5-8-20(24)18-9-10-22-19(12-18)14-23-16(2)25/h3-4,6-7,9-10,12,20H,5,8,11,13-14H2,1-2H3,(H,23,25)/t20-/m0/s1. The van der Waals surface area contributed by atoms with Crippen LogP contribution in [-0.4, -0.2) is 28.2 Å². The normalized spacial score (nSPS) is 16.5. The number of amides is 2. The number of rotatable bonds is 5. The van der Waals surface area contributed by atoms with Crippen LogP contribution in [0.3, 0.4) is 0 Å². The Hall–Kier alpha value is -2.69. The molecule has 1 aromatic carbocycles. The smallest absolute Gasteiger partial charge is 0.227 e. The first kappa shape index (κ1) is 18.1.